The first-order valence-electron chi connectivity index (χ1n) is 3.44. The van der Waals surface area contributed by atoms with Crippen molar-refractivity contribution < 1.29 is 10.2 Å². The molecule has 0 aromatic heterocycles. The molecular weight excluding hydrogens is 154 g/mol. The Labute approximate surface area is 70.7 Å². The second kappa shape index (κ2) is 3.54. The van der Waals surface area contributed by atoms with E-state index in [9.17, 15) is 5.11 Å². The van der Waals surface area contributed by atoms with Gasteiger partial charge in [-0.2, -0.15) is 0 Å². The molecule has 0 amide bonds. The van der Waals surface area contributed by atoms with Crippen LogP contribution in [0.25, 0.3) is 0 Å². The summed E-state index contributed by atoms with van der Waals surface area (Å²) >= 11 is 0. The normalized spacial score (nSPS) is 8.42. The van der Waals surface area contributed by atoms with E-state index in [-0.39, 0.29) is 11.5 Å². The van der Waals surface area contributed by atoms with E-state index in [1.807, 2.05) is 0 Å². The maximum absolute atomic E-state index is 9.22. The Kier molecular flexibility index (Phi) is 2.44. The number of aromatic hydroxyl groups is 2. The van der Waals surface area contributed by atoms with Gasteiger partial charge in [0.1, 0.15) is 11.5 Å². The number of benzene rings is 1. The molecule has 0 atom stereocenters. The van der Waals surface area contributed by atoms with Crippen LogP contribution in [0.1, 0.15) is 6.92 Å². The van der Waals surface area contributed by atoms with Gasteiger partial charge in [-0.05, 0) is 19.1 Å². The largest absolute Gasteiger partial charge is 0.508 e. The highest BCUT2D eigenvalue weighted by atomic mass is 16.3. The smallest absolute Gasteiger partial charge is 0.139 e. The monoisotopic (exact) mass is 163 g/mol. The molecule has 0 aliphatic carbocycles. The highest BCUT2D eigenvalue weighted by Gasteiger charge is 1.98. The van der Waals surface area contributed by atoms with Crippen LogP contribution in [0.15, 0.2) is 18.2 Å². The predicted octanol–water partition coefficient (Wildman–Crippen LogP) is 1.49. The van der Waals surface area contributed by atoms with E-state index < -0.39 is 0 Å². The first kappa shape index (κ1) is 8.28. The van der Waals surface area contributed by atoms with Crippen molar-refractivity contribution in [3.05, 3.63) is 18.2 Å². The van der Waals surface area contributed by atoms with Gasteiger partial charge in [0.2, 0.25) is 0 Å². The third-order valence-electron chi connectivity index (χ3n) is 1.30. The maximum atomic E-state index is 9.22. The number of hydrogen-bond donors (Lipinski definition) is 3. The zero-order valence-corrected chi connectivity index (χ0v) is 6.63. The van der Waals surface area contributed by atoms with Crippen LogP contribution in [0.2, 0.25) is 0 Å². The Bertz CT molecular complexity index is 336. The average Bonchev–Trinajstić information content (AvgIpc) is 2.07. The number of phenols is 2. The summed E-state index contributed by atoms with van der Waals surface area (Å²) in [4.78, 5) is 0. The quantitative estimate of drug-likeness (QED) is 0.254. The molecule has 0 unspecified atom stereocenters. The summed E-state index contributed by atoms with van der Waals surface area (Å²) in [6.45, 7) is 1.67. The Hall–Kier alpha value is -1.82. The fourth-order valence-electron chi connectivity index (χ4n) is 0.754. The lowest BCUT2D eigenvalue weighted by Gasteiger charge is -2.01. The van der Waals surface area contributed by atoms with Crippen molar-refractivity contribution in [1.82, 2.24) is 0 Å². The van der Waals surface area contributed by atoms with Gasteiger partial charge in [-0.1, -0.05) is 5.92 Å². The van der Waals surface area contributed by atoms with E-state index in [4.69, 9.17) is 5.11 Å². The van der Waals surface area contributed by atoms with Crippen LogP contribution < -0.4 is 5.32 Å². The number of nitrogens with one attached hydrogen (secondary N) is 1. The standard InChI is InChI=1S/C9H9NO2/c1-2-5-10-8-6-7(11)3-4-9(8)12/h3-4,6,10-12H,1H3. The first-order valence-corrected chi connectivity index (χ1v) is 3.44. The van der Waals surface area contributed by atoms with Gasteiger partial charge < -0.3 is 15.5 Å². The van der Waals surface area contributed by atoms with Gasteiger partial charge in [-0.3, -0.25) is 0 Å². The molecule has 0 saturated carbocycles. The molecule has 3 nitrogen and oxygen atoms in total. The van der Waals surface area contributed by atoms with Crippen LogP contribution in [0.3, 0.4) is 0 Å². The van der Waals surface area contributed by atoms with Crippen molar-refractivity contribution in [2.45, 2.75) is 6.92 Å². The Morgan fingerprint density at radius 1 is 1.33 bits per heavy atom. The van der Waals surface area contributed by atoms with Crippen LogP contribution in [-0.4, -0.2) is 10.2 Å². The van der Waals surface area contributed by atoms with Crippen molar-refractivity contribution >= 4 is 5.69 Å². The van der Waals surface area contributed by atoms with Gasteiger partial charge in [0.05, 0.1) is 5.69 Å². The molecule has 0 bridgehead atoms. The maximum Gasteiger partial charge on any atom is 0.139 e. The molecule has 0 radical (unpaired) electrons. The van der Waals surface area contributed by atoms with Crippen LogP contribution in [0.4, 0.5) is 5.69 Å². The molecule has 3 N–H and O–H groups in total. The number of phenolic OH excluding ortho intramolecular Hbond substituents is 2. The molecule has 0 fully saturated rings. The van der Waals surface area contributed by atoms with Crippen molar-refractivity contribution in [1.29, 1.82) is 0 Å². The highest BCUT2D eigenvalue weighted by molar-refractivity contribution is 5.61. The molecule has 1 aromatic rings. The predicted molar refractivity (Wildman–Crippen MR) is 46.8 cm³/mol. The van der Waals surface area contributed by atoms with E-state index in [1.165, 1.54) is 18.2 Å². The van der Waals surface area contributed by atoms with Crippen LogP contribution in [0, 0.1) is 12.0 Å². The summed E-state index contributed by atoms with van der Waals surface area (Å²) in [5.41, 5.74) is 0.407. The van der Waals surface area contributed by atoms with E-state index in [0.29, 0.717) is 5.69 Å². The van der Waals surface area contributed by atoms with Crippen LogP contribution >= 0.6 is 0 Å². The zero-order chi connectivity index (χ0) is 8.97. The third-order valence-corrected chi connectivity index (χ3v) is 1.30. The lowest BCUT2D eigenvalue weighted by Crippen LogP contribution is -1.87. The molecule has 1 rings (SSSR count). The molecule has 0 spiro atoms. The van der Waals surface area contributed by atoms with Gasteiger partial charge in [-0.15, -0.1) is 0 Å². The van der Waals surface area contributed by atoms with E-state index in [0.717, 1.165) is 0 Å². The van der Waals surface area contributed by atoms with E-state index in [1.54, 1.807) is 6.92 Å². The highest BCUT2D eigenvalue weighted by Crippen LogP contribution is 2.26. The van der Waals surface area contributed by atoms with Crippen molar-refractivity contribution in [3.8, 4) is 23.5 Å². The summed E-state index contributed by atoms with van der Waals surface area (Å²) < 4.78 is 0. The summed E-state index contributed by atoms with van der Waals surface area (Å²) in [7, 11) is 0. The van der Waals surface area contributed by atoms with Crippen molar-refractivity contribution in [2.75, 3.05) is 5.32 Å². The average molecular weight is 163 g/mol. The third kappa shape index (κ3) is 1.83. The molecule has 0 saturated heterocycles. The topological polar surface area (TPSA) is 52.5 Å². The lowest BCUT2D eigenvalue weighted by molar-refractivity contribution is 0.462. The Balaban J connectivity index is 2.94. The number of anilines is 1. The summed E-state index contributed by atoms with van der Waals surface area (Å²) in [5.74, 6) is 2.77. The molecule has 0 aliphatic rings. The van der Waals surface area contributed by atoms with E-state index >= 15 is 0 Å². The minimum Gasteiger partial charge on any atom is -0.508 e. The summed E-state index contributed by atoms with van der Waals surface area (Å²) in [6.07, 6.45) is 0. The number of rotatable bonds is 1. The molecule has 0 aliphatic heterocycles. The molecule has 1 aromatic carbocycles. The van der Waals surface area contributed by atoms with Gasteiger partial charge in [0, 0.05) is 12.1 Å². The van der Waals surface area contributed by atoms with Crippen molar-refractivity contribution in [2.24, 2.45) is 0 Å². The van der Waals surface area contributed by atoms with Crippen LogP contribution in [-0.2, 0) is 0 Å². The Morgan fingerprint density at radius 3 is 2.75 bits per heavy atom. The number of hydrogen-bond acceptors (Lipinski definition) is 3. The van der Waals surface area contributed by atoms with E-state index in [2.05, 4.69) is 17.3 Å². The molecule has 62 valence electrons. The fourth-order valence-corrected chi connectivity index (χ4v) is 0.754. The van der Waals surface area contributed by atoms with Gasteiger partial charge in [-0.25, -0.2) is 0 Å². The van der Waals surface area contributed by atoms with Gasteiger partial charge in [0.25, 0.3) is 0 Å². The molecule has 12 heavy (non-hydrogen) atoms. The fraction of sp³-hybridized carbons (Fsp3) is 0.111. The molecule has 0 heterocycles. The minimum atomic E-state index is 0.0653. The first-order chi connectivity index (χ1) is 5.74. The zero-order valence-electron chi connectivity index (χ0n) is 6.63. The second-order valence-corrected chi connectivity index (χ2v) is 2.20. The van der Waals surface area contributed by atoms with Gasteiger partial charge >= 0.3 is 0 Å². The Morgan fingerprint density at radius 2 is 2.08 bits per heavy atom. The summed E-state index contributed by atoms with van der Waals surface area (Å²) in [6, 6.07) is 6.76. The van der Waals surface area contributed by atoms with Gasteiger partial charge in [0.15, 0.2) is 0 Å². The lowest BCUT2D eigenvalue weighted by atomic mass is 10.3. The molecular formula is C9H9NO2. The molecule has 3 heteroatoms. The minimum absolute atomic E-state index is 0.0653. The van der Waals surface area contributed by atoms with Crippen LogP contribution in [0.5, 0.6) is 11.5 Å². The second-order valence-electron chi connectivity index (χ2n) is 2.20. The SMILES string of the molecule is CC#CNc1cc(O)ccc1O. The summed E-state index contributed by atoms with van der Waals surface area (Å²) in [5, 5.41) is 20.9. The van der Waals surface area contributed by atoms with Crippen molar-refractivity contribution in [3.63, 3.8) is 0 Å².